The Morgan fingerprint density at radius 2 is 2.11 bits per heavy atom. The molecule has 0 aromatic carbocycles. The van der Waals surface area contributed by atoms with Gasteiger partial charge >= 0.3 is 5.97 Å². The van der Waals surface area contributed by atoms with Crippen molar-refractivity contribution in [2.75, 3.05) is 7.05 Å². The molecule has 1 unspecified atom stereocenters. The molecule has 0 bridgehead atoms. The van der Waals surface area contributed by atoms with E-state index in [4.69, 9.17) is 9.63 Å². The third-order valence-electron chi connectivity index (χ3n) is 2.87. The van der Waals surface area contributed by atoms with Crippen LogP contribution in [0.3, 0.4) is 0 Å². The van der Waals surface area contributed by atoms with Crippen LogP contribution in [0, 0.1) is 0 Å². The second-order valence-electron chi connectivity index (χ2n) is 4.37. The molecule has 7 nitrogen and oxygen atoms in total. The summed E-state index contributed by atoms with van der Waals surface area (Å²) in [5.41, 5.74) is 0. The summed E-state index contributed by atoms with van der Waals surface area (Å²) in [4.78, 5) is 27.9. The first-order valence-corrected chi connectivity index (χ1v) is 6.25. The second kappa shape index (κ2) is 6.86. The minimum atomic E-state index is -1.03. The zero-order valence-electron chi connectivity index (χ0n) is 11.4. The van der Waals surface area contributed by atoms with Gasteiger partial charge in [-0.2, -0.15) is 4.98 Å². The number of nitrogens with zero attached hydrogens (tertiary/aromatic N) is 3. The van der Waals surface area contributed by atoms with E-state index in [9.17, 15) is 9.59 Å². The number of rotatable bonds is 7. The lowest BCUT2D eigenvalue weighted by atomic mass is 10.2. The predicted molar refractivity (Wildman–Crippen MR) is 66.5 cm³/mol. The maximum Gasteiger partial charge on any atom is 0.326 e. The number of aromatic nitrogens is 2. The Morgan fingerprint density at radius 1 is 1.42 bits per heavy atom. The summed E-state index contributed by atoms with van der Waals surface area (Å²) in [6, 6.07) is -0.842. The normalized spacial score (nSPS) is 12.2. The summed E-state index contributed by atoms with van der Waals surface area (Å²) in [6.07, 6.45) is 2.15. The van der Waals surface area contributed by atoms with Gasteiger partial charge in [-0.05, 0) is 13.3 Å². The van der Waals surface area contributed by atoms with Crippen molar-refractivity contribution in [3.8, 4) is 0 Å². The van der Waals surface area contributed by atoms with Crippen LogP contribution in [0.25, 0.3) is 0 Å². The smallest absolute Gasteiger partial charge is 0.326 e. The fourth-order valence-electron chi connectivity index (χ4n) is 1.49. The van der Waals surface area contributed by atoms with E-state index in [0.717, 1.165) is 12.8 Å². The van der Waals surface area contributed by atoms with Gasteiger partial charge in [-0.15, -0.1) is 0 Å². The maximum absolute atomic E-state index is 11.8. The van der Waals surface area contributed by atoms with E-state index in [2.05, 4.69) is 10.1 Å². The first-order valence-electron chi connectivity index (χ1n) is 6.25. The highest BCUT2D eigenvalue weighted by atomic mass is 16.5. The molecule has 7 heteroatoms. The molecule has 19 heavy (non-hydrogen) atoms. The Morgan fingerprint density at radius 3 is 2.68 bits per heavy atom. The Kier molecular flexibility index (Phi) is 5.47. The zero-order valence-corrected chi connectivity index (χ0v) is 11.4. The minimum Gasteiger partial charge on any atom is -0.480 e. The Balaban J connectivity index is 2.46. The van der Waals surface area contributed by atoms with Crippen LogP contribution >= 0.6 is 0 Å². The van der Waals surface area contributed by atoms with Crippen LogP contribution in [0.4, 0.5) is 0 Å². The van der Waals surface area contributed by atoms with Gasteiger partial charge < -0.3 is 14.5 Å². The molecule has 0 radical (unpaired) electrons. The SMILES string of the molecule is CCCc1noc(CCC(=O)N(C)C(C)C(=O)O)n1. The van der Waals surface area contributed by atoms with Gasteiger partial charge in [0, 0.05) is 26.3 Å². The van der Waals surface area contributed by atoms with Gasteiger partial charge in [0.05, 0.1) is 0 Å². The predicted octanol–water partition coefficient (Wildman–Crippen LogP) is 0.886. The van der Waals surface area contributed by atoms with E-state index >= 15 is 0 Å². The second-order valence-corrected chi connectivity index (χ2v) is 4.37. The van der Waals surface area contributed by atoms with Crippen LogP contribution in [0.1, 0.15) is 38.4 Å². The van der Waals surface area contributed by atoms with Gasteiger partial charge in [0.1, 0.15) is 6.04 Å². The van der Waals surface area contributed by atoms with Crippen LogP contribution in [0.15, 0.2) is 4.52 Å². The Hall–Kier alpha value is -1.92. The van der Waals surface area contributed by atoms with Crippen LogP contribution in [0.2, 0.25) is 0 Å². The number of hydrogen-bond donors (Lipinski definition) is 1. The summed E-state index contributed by atoms with van der Waals surface area (Å²) in [5, 5.41) is 12.6. The number of carbonyl (C=O) groups is 2. The van der Waals surface area contributed by atoms with E-state index in [1.54, 1.807) is 0 Å². The monoisotopic (exact) mass is 269 g/mol. The number of aliphatic carboxylic acids is 1. The van der Waals surface area contributed by atoms with Crippen molar-refractivity contribution in [2.24, 2.45) is 0 Å². The number of aryl methyl sites for hydroxylation is 2. The van der Waals surface area contributed by atoms with Crippen LogP contribution in [-0.4, -0.2) is 45.1 Å². The minimum absolute atomic E-state index is 0.155. The highest BCUT2D eigenvalue weighted by molar-refractivity contribution is 5.83. The molecule has 1 amide bonds. The molecule has 0 aliphatic rings. The maximum atomic E-state index is 11.8. The lowest BCUT2D eigenvalue weighted by Gasteiger charge is -2.20. The molecule has 1 N–H and O–H groups in total. The number of carbonyl (C=O) groups excluding carboxylic acids is 1. The quantitative estimate of drug-likeness (QED) is 0.789. The van der Waals surface area contributed by atoms with Crippen LogP contribution < -0.4 is 0 Å². The summed E-state index contributed by atoms with van der Waals surface area (Å²) >= 11 is 0. The number of carboxylic acid groups (broad SMARTS) is 1. The molecule has 0 aliphatic heterocycles. The van der Waals surface area contributed by atoms with Crippen molar-refractivity contribution in [1.29, 1.82) is 0 Å². The van der Waals surface area contributed by atoms with Gasteiger partial charge in [0.25, 0.3) is 0 Å². The first-order chi connectivity index (χ1) is 8.95. The Bertz CT molecular complexity index is 444. The summed E-state index contributed by atoms with van der Waals surface area (Å²) < 4.78 is 5.01. The average molecular weight is 269 g/mol. The molecular weight excluding hydrogens is 250 g/mol. The first kappa shape index (κ1) is 15.1. The standard InChI is InChI=1S/C12H19N3O4/c1-4-5-9-13-10(19-14-9)6-7-11(16)15(3)8(2)12(17)18/h8H,4-7H2,1-3H3,(H,17,18). The fourth-order valence-corrected chi connectivity index (χ4v) is 1.49. The van der Waals surface area contributed by atoms with E-state index < -0.39 is 12.0 Å². The molecule has 0 saturated carbocycles. The molecule has 106 valence electrons. The highest BCUT2D eigenvalue weighted by Gasteiger charge is 2.21. The van der Waals surface area contributed by atoms with Crippen LogP contribution in [0.5, 0.6) is 0 Å². The van der Waals surface area contributed by atoms with E-state index in [-0.39, 0.29) is 12.3 Å². The van der Waals surface area contributed by atoms with Crippen molar-refractivity contribution in [3.63, 3.8) is 0 Å². The third kappa shape index (κ3) is 4.35. The van der Waals surface area contributed by atoms with Crippen LogP contribution in [-0.2, 0) is 22.4 Å². The fraction of sp³-hybridized carbons (Fsp3) is 0.667. The molecule has 0 saturated heterocycles. The summed E-state index contributed by atoms with van der Waals surface area (Å²) in [6.45, 7) is 3.48. The molecule has 1 rings (SSSR count). The van der Waals surface area contributed by atoms with Gasteiger partial charge in [0.2, 0.25) is 11.8 Å². The lowest BCUT2D eigenvalue weighted by Crippen LogP contribution is -2.40. The number of likely N-dealkylation sites (N-methyl/N-ethyl adjacent to an activating group) is 1. The van der Waals surface area contributed by atoms with Gasteiger partial charge in [-0.3, -0.25) is 4.79 Å². The topological polar surface area (TPSA) is 96.5 Å². The van der Waals surface area contributed by atoms with E-state index in [1.165, 1.54) is 18.9 Å². The lowest BCUT2D eigenvalue weighted by molar-refractivity contribution is -0.148. The van der Waals surface area contributed by atoms with E-state index in [0.29, 0.717) is 18.1 Å². The molecule has 0 fully saturated rings. The van der Waals surface area contributed by atoms with Crippen molar-refractivity contribution < 1.29 is 19.2 Å². The van der Waals surface area contributed by atoms with Crippen molar-refractivity contribution in [3.05, 3.63) is 11.7 Å². The molecule has 1 atom stereocenters. The summed E-state index contributed by atoms with van der Waals surface area (Å²) in [5.74, 6) is -0.241. The van der Waals surface area contributed by atoms with Gasteiger partial charge in [0.15, 0.2) is 5.82 Å². The molecule has 0 spiro atoms. The van der Waals surface area contributed by atoms with E-state index in [1.807, 2.05) is 6.92 Å². The molecule has 0 aliphatic carbocycles. The molecule has 1 aromatic rings. The van der Waals surface area contributed by atoms with Gasteiger partial charge in [-0.25, -0.2) is 4.79 Å². The number of hydrogen-bond acceptors (Lipinski definition) is 5. The molecule has 1 heterocycles. The zero-order chi connectivity index (χ0) is 14.4. The van der Waals surface area contributed by atoms with Crippen molar-refractivity contribution in [1.82, 2.24) is 15.0 Å². The summed E-state index contributed by atoms with van der Waals surface area (Å²) in [7, 11) is 1.47. The number of amides is 1. The molecule has 1 aromatic heterocycles. The molecular formula is C12H19N3O4. The number of carboxylic acids is 1. The van der Waals surface area contributed by atoms with Gasteiger partial charge in [-0.1, -0.05) is 12.1 Å². The largest absolute Gasteiger partial charge is 0.480 e. The van der Waals surface area contributed by atoms with Crippen molar-refractivity contribution >= 4 is 11.9 Å². The third-order valence-corrected chi connectivity index (χ3v) is 2.87. The Labute approximate surface area is 111 Å². The highest BCUT2D eigenvalue weighted by Crippen LogP contribution is 2.06. The van der Waals surface area contributed by atoms with Crippen molar-refractivity contribution in [2.45, 2.75) is 45.6 Å². The average Bonchev–Trinajstić information content (AvgIpc) is 2.82.